The summed E-state index contributed by atoms with van der Waals surface area (Å²) in [5, 5.41) is 14.0. The normalized spacial score (nSPS) is 22.8. The largest absolute Gasteiger partial charge is 0.495 e. The highest BCUT2D eigenvalue weighted by molar-refractivity contribution is 5.62. The molecule has 98 valence electrons. The third kappa shape index (κ3) is 2.70. The van der Waals surface area contributed by atoms with Crippen molar-refractivity contribution in [3.8, 4) is 5.75 Å². The van der Waals surface area contributed by atoms with E-state index in [0.29, 0.717) is 11.4 Å². The van der Waals surface area contributed by atoms with Gasteiger partial charge in [0.05, 0.1) is 17.7 Å². The molecule has 18 heavy (non-hydrogen) atoms. The number of anilines is 1. The molecule has 2 atom stereocenters. The maximum Gasteiger partial charge on any atom is 0.271 e. The van der Waals surface area contributed by atoms with Gasteiger partial charge in [-0.05, 0) is 25.3 Å². The summed E-state index contributed by atoms with van der Waals surface area (Å²) in [6.07, 6.45) is 2.84. The van der Waals surface area contributed by atoms with Crippen LogP contribution < -0.4 is 15.8 Å². The highest BCUT2D eigenvalue weighted by atomic mass is 16.6. The van der Waals surface area contributed by atoms with Gasteiger partial charge in [0, 0.05) is 24.2 Å². The van der Waals surface area contributed by atoms with Gasteiger partial charge < -0.3 is 15.8 Å². The Morgan fingerprint density at radius 2 is 2.28 bits per heavy atom. The van der Waals surface area contributed by atoms with Crippen LogP contribution in [0.4, 0.5) is 11.4 Å². The third-order valence-corrected chi connectivity index (χ3v) is 3.23. The summed E-state index contributed by atoms with van der Waals surface area (Å²) in [5.41, 5.74) is 6.56. The summed E-state index contributed by atoms with van der Waals surface area (Å²) in [7, 11) is 1.55. The van der Waals surface area contributed by atoms with Crippen LogP contribution >= 0.6 is 0 Å². The lowest BCUT2D eigenvalue weighted by molar-refractivity contribution is -0.384. The fourth-order valence-corrected chi connectivity index (χ4v) is 2.29. The standard InChI is InChI=1S/C12H17N3O3/c1-18-12-5-4-10(15(16)17)7-11(12)14-9-3-2-8(13)6-9/h4-5,7-9,14H,2-3,6,13H2,1H3. The number of hydrogen-bond acceptors (Lipinski definition) is 5. The molecule has 1 aromatic rings. The number of nitro benzene ring substituents is 1. The molecule has 3 N–H and O–H groups in total. The van der Waals surface area contributed by atoms with Crippen molar-refractivity contribution >= 4 is 11.4 Å². The highest BCUT2D eigenvalue weighted by Gasteiger charge is 2.23. The van der Waals surface area contributed by atoms with E-state index in [9.17, 15) is 10.1 Å². The number of nitrogens with two attached hydrogens (primary N) is 1. The minimum absolute atomic E-state index is 0.0561. The Morgan fingerprint density at radius 1 is 1.50 bits per heavy atom. The Kier molecular flexibility index (Phi) is 3.66. The molecule has 1 saturated carbocycles. The van der Waals surface area contributed by atoms with Crippen molar-refractivity contribution < 1.29 is 9.66 Å². The van der Waals surface area contributed by atoms with Gasteiger partial charge in [-0.1, -0.05) is 0 Å². The van der Waals surface area contributed by atoms with Gasteiger partial charge in [0.1, 0.15) is 5.75 Å². The molecule has 0 bridgehead atoms. The monoisotopic (exact) mass is 251 g/mol. The molecule has 1 aliphatic carbocycles. The van der Waals surface area contributed by atoms with Crippen LogP contribution in [0.15, 0.2) is 18.2 Å². The van der Waals surface area contributed by atoms with Crippen LogP contribution in [-0.4, -0.2) is 24.1 Å². The quantitative estimate of drug-likeness (QED) is 0.630. The number of hydrogen-bond donors (Lipinski definition) is 2. The summed E-state index contributed by atoms with van der Waals surface area (Å²) in [5.74, 6) is 0.612. The molecule has 0 amide bonds. The number of methoxy groups -OCH3 is 1. The van der Waals surface area contributed by atoms with E-state index < -0.39 is 4.92 Å². The van der Waals surface area contributed by atoms with Crippen molar-refractivity contribution in [3.05, 3.63) is 28.3 Å². The number of non-ortho nitro benzene ring substituents is 1. The van der Waals surface area contributed by atoms with E-state index in [1.54, 1.807) is 13.2 Å². The number of nitrogens with zero attached hydrogens (tertiary/aromatic N) is 1. The van der Waals surface area contributed by atoms with Gasteiger partial charge in [-0.2, -0.15) is 0 Å². The predicted molar refractivity (Wildman–Crippen MR) is 68.9 cm³/mol. The summed E-state index contributed by atoms with van der Waals surface area (Å²) in [6, 6.07) is 5.02. The zero-order valence-corrected chi connectivity index (χ0v) is 10.3. The van der Waals surface area contributed by atoms with Gasteiger partial charge in [0.25, 0.3) is 5.69 Å². The Balaban J connectivity index is 2.18. The van der Waals surface area contributed by atoms with Gasteiger partial charge in [0.2, 0.25) is 0 Å². The number of nitro groups is 1. The lowest BCUT2D eigenvalue weighted by Crippen LogP contribution is -2.21. The average Bonchev–Trinajstić information content (AvgIpc) is 2.74. The molecular formula is C12H17N3O3. The minimum Gasteiger partial charge on any atom is -0.495 e. The lowest BCUT2D eigenvalue weighted by Gasteiger charge is -2.16. The Labute approximate surface area is 105 Å². The molecule has 1 fully saturated rings. The Hall–Kier alpha value is -1.82. The van der Waals surface area contributed by atoms with Crippen molar-refractivity contribution in [1.82, 2.24) is 0 Å². The molecule has 0 aromatic heterocycles. The zero-order chi connectivity index (χ0) is 13.1. The summed E-state index contributed by atoms with van der Waals surface area (Å²) >= 11 is 0. The van der Waals surface area contributed by atoms with E-state index in [0.717, 1.165) is 19.3 Å². The van der Waals surface area contributed by atoms with E-state index >= 15 is 0 Å². The van der Waals surface area contributed by atoms with E-state index in [2.05, 4.69) is 5.32 Å². The fourth-order valence-electron chi connectivity index (χ4n) is 2.29. The van der Waals surface area contributed by atoms with Crippen molar-refractivity contribution in [3.63, 3.8) is 0 Å². The first kappa shape index (κ1) is 12.6. The predicted octanol–water partition coefficient (Wildman–Crippen LogP) is 1.90. The molecule has 0 saturated heterocycles. The molecule has 0 heterocycles. The molecule has 2 rings (SSSR count). The first-order valence-electron chi connectivity index (χ1n) is 5.94. The number of nitrogens with one attached hydrogen (secondary N) is 1. The van der Waals surface area contributed by atoms with Crippen LogP contribution in [0.2, 0.25) is 0 Å². The van der Waals surface area contributed by atoms with Gasteiger partial charge >= 0.3 is 0 Å². The van der Waals surface area contributed by atoms with E-state index in [4.69, 9.17) is 10.5 Å². The third-order valence-electron chi connectivity index (χ3n) is 3.23. The highest BCUT2D eigenvalue weighted by Crippen LogP contribution is 2.31. The lowest BCUT2D eigenvalue weighted by atomic mass is 10.2. The van der Waals surface area contributed by atoms with Crippen molar-refractivity contribution in [2.45, 2.75) is 31.3 Å². The SMILES string of the molecule is COc1ccc([N+](=O)[O-])cc1NC1CCC(N)C1. The molecule has 0 radical (unpaired) electrons. The number of rotatable bonds is 4. The fraction of sp³-hybridized carbons (Fsp3) is 0.500. The van der Waals surface area contributed by atoms with Crippen LogP contribution in [0.5, 0.6) is 5.75 Å². The topological polar surface area (TPSA) is 90.4 Å². The van der Waals surface area contributed by atoms with Crippen molar-refractivity contribution in [2.24, 2.45) is 5.73 Å². The van der Waals surface area contributed by atoms with E-state index in [1.807, 2.05) is 0 Å². The molecule has 6 heteroatoms. The van der Waals surface area contributed by atoms with Gasteiger partial charge in [-0.15, -0.1) is 0 Å². The zero-order valence-electron chi connectivity index (χ0n) is 10.3. The van der Waals surface area contributed by atoms with Gasteiger partial charge in [-0.3, -0.25) is 10.1 Å². The first-order chi connectivity index (χ1) is 8.60. The smallest absolute Gasteiger partial charge is 0.271 e. The van der Waals surface area contributed by atoms with Gasteiger partial charge in [0.15, 0.2) is 0 Å². The molecular weight excluding hydrogens is 234 g/mol. The molecule has 1 aromatic carbocycles. The second-order valence-corrected chi connectivity index (χ2v) is 4.56. The van der Waals surface area contributed by atoms with E-state index in [-0.39, 0.29) is 17.8 Å². The molecule has 1 aliphatic rings. The van der Waals surface area contributed by atoms with Crippen LogP contribution in [0, 0.1) is 10.1 Å². The van der Waals surface area contributed by atoms with Crippen molar-refractivity contribution in [1.29, 1.82) is 0 Å². The van der Waals surface area contributed by atoms with Crippen LogP contribution in [-0.2, 0) is 0 Å². The summed E-state index contributed by atoms with van der Waals surface area (Å²) < 4.78 is 5.20. The molecule has 2 unspecified atom stereocenters. The van der Waals surface area contributed by atoms with Crippen LogP contribution in [0.1, 0.15) is 19.3 Å². The number of benzene rings is 1. The molecule has 6 nitrogen and oxygen atoms in total. The first-order valence-corrected chi connectivity index (χ1v) is 5.94. The second-order valence-electron chi connectivity index (χ2n) is 4.56. The molecule has 0 aliphatic heterocycles. The maximum atomic E-state index is 10.8. The van der Waals surface area contributed by atoms with Crippen LogP contribution in [0.3, 0.4) is 0 Å². The van der Waals surface area contributed by atoms with Gasteiger partial charge in [-0.25, -0.2) is 0 Å². The Bertz CT molecular complexity index is 450. The number of ether oxygens (including phenoxy) is 1. The van der Waals surface area contributed by atoms with E-state index in [1.165, 1.54) is 12.1 Å². The van der Waals surface area contributed by atoms with Crippen molar-refractivity contribution in [2.75, 3.05) is 12.4 Å². The molecule has 0 spiro atoms. The average molecular weight is 251 g/mol. The summed E-state index contributed by atoms with van der Waals surface area (Å²) in [6.45, 7) is 0. The summed E-state index contributed by atoms with van der Waals surface area (Å²) in [4.78, 5) is 10.3. The maximum absolute atomic E-state index is 10.8. The second kappa shape index (κ2) is 5.22. The van der Waals surface area contributed by atoms with Crippen LogP contribution in [0.25, 0.3) is 0 Å². The minimum atomic E-state index is -0.412. The Morgan fingerprint density at radius 3 is 2.83 bits per heavy atom.